The molecule has 0 spiro atoms. The van der Waals surface area contributed by atoms with Crippen molar-refractivity contribution in [2.75, 3.05) is 0 Å². The zero-order chi connectivity index (χ0) is 10.8. The summed E-state index contributed by atoms with van der Waals surface area (Å²) in [7, 11) is 0. The summed E-state index contributed by atoms with van der Waals surface area (Å²) >= 11 is 2.96. The van der Waals surface area contributed by atoms with Gasteiger partial charge in [0, 0.05) is 0 Å². The Morgan fingerprint density at radius 1 is 0.875 bits per heavy atom. The van der Waals surface area contributed by atoms with E-state index < -0.39 is 0 Å². The maximum Gasteiger partial charge on any atom is 0.254 e. The fraction of sp³-hybridized carbons (Fsp3) is 0. The fourth-order valence-corrected chi connectivity index (χ4v) is 2.90. The van der Waals surface area contributed by atoms with Gasteiger partial charge in [-0.3, -0.25) is 0 Å². The molecule has 0 saturated heterocycles. The lowest BCUT2D eigenvalue weighted by molar-refractivity contribution is 0.540. The average Bonchev–Trinajstić information content (AvgIpc) is 3.03. The first kappa shape index (κ1) is 9.67. The molecule has 2 aromatic rings. The molecule has 0 amide bonds. The molecule has 0 atom stereocenters. The third-order valence-corrected chi connectivity index (χ3v) is 3.78. The Morgan fingerprint density at radius 2 is 1.44 bits per heavy atom. The average molecular weight is 252 g/mol. The van der Waals surface area contributed by atoms with E-state index in [1.165, 1.54) is 36.3 Å². The molecule has 80 valence electrons. The Kier molecular flexibility index (Phi) is 2.50. The van der Waals surface area contributed by atoms with Crippen molar-refractivity contribution in [2.24, 2.45) is 0 Å². The van der Waals surface area contributed by atoms with Crippen LogP contribution in [0.2, 0.25) is 0 Å². The van der Waals surface area contributed by atoms with Gasteiger partial charge in [-0.25, -0.2) is 0 Å². The molecule has 1 aliphatic heterocycles. The largest absolute Gasteiger partial charge is 0.423 e. The van der Waals surface area contributed by atoms with Crippen LogP contribution in [0.25, 0.3) is 9.81 Å². The molecule has 1 aliphatic rings. The lowest BCUT2D eigenvalue weighted by Gasteiger charge is -2.07. The van der Waals surface area contributed by atoms with Crippen LogP contribution < -0.4 is 0 Å². The Morgan fingerprint density at radius 3 is 1.88 bits per heavy atom. The quantitative estimate of drug-likeness (QED) is 0.805. The topological polar surface area (TPSA) is 77.8 Å². The first-order chi connectivity index (χ1) is 7.93. The molecule has 0 bridgehead atoms. The van der Waals surface area contributed by atoms with Crippen molar-refractivity contribution in [3.05, 3.63) is 35.4 Å². The highest BCUT2D eigenvalue weighted by Crippen LogP contribution is 2.44. The van der Waals surface area contributed by atoms with Crippen LogP contribution in [0.5, 0.6) is 0 Å². The highest BCUT2D eigenvalue weighted by molar-refractivity contribution is 8.20. The van der Waals surface area contributed by atoms with E-state index in [1.807, 2.05) is 10.8 Å². The highest BCUT2D eigenvalue weighted by Gasteiger charge is 2.18. The van der Waals surface area contributed by atoms with Crippen LogP contribution in [0, 0.1) is 0 Å². The monoisotopic (exact) mass is 252 g/mol. The van der Waals surface area contributed by atoms with Gasteiger partial charge in [-0.15, -0.1) is 32.2 Å². The van der Waals surface area contributed by atoms with Crippen molar-refractivity contribution in [2.45, 2.75) is 0 Å². The second-order valence-electron chi connectivity index (χ2n) is 2.69. The molecule has 0 radical (unpaired) electrons. The molecule has 0 aliphatic carbocycles. The summed E-state index contributed by atoms with van der Waals surface area (Å²) in [5, 5.41) is 18.8. The number of hydrogen-bond donors (Lipinski definition) is 0. The van der Waals surface area contributed by atoms with Gasteiger partial charge >= 0.3 is 0 Å². The normalized spacial score (nSPS) is 15.8. The minimum Gasteiger partial charge on any atom is -0.423 e. The van der Waals surface area contributed by atoms with Gasteiger partial charge in [-0.2, -0.15) is 0 Å². The van der Waals surface area contributed by atoms with Crippen LogP contribution >= 0.6 is 23.5 Å². The second kappa shape index (κ2) is 4.14. The van der Waals surface area contributed by atoms with Gasteiger partial charge in [0.15, 0.2) is 0 Å². The summed E-state index contributed by atoms with van der Waals surface area (Å²) in [5.41, 5.74) is 0. The molecule has 3 rings (SSSR count). The first-order valence-corrected chi connectivity index (χ1v) is 5.96. The van der Waals surface area contributed by atoms with Crippen molar-refractivity contribution < 1.29 is 8.83 Å². The van der Waals surface area contributed by atoms with Gasteiger partial charge in [-0.1, -0.05) is 11.8 Å². The fourth-order valence-electron chi connectivity index (χ4n) is 1.07. The zero-order valence-electron chi connectivity index (χ0n) is 7.73. The lowest BCUT2D eigenvalue weighted by atomic mass is 10.6. The maximum atomic E-state index is 5.12. The molecule has 3 heterocycles. The lowest BCUT2D eigenvalue weighted by Crippen LogP contribution is -1.87. The Hall–Kier alpha value is -1.54. The third kappa shape index (κ3) is 1.76. The summed E-state index contributed by atoms with van der Waals surface area (Å²) in [5.74, 6) is 0.977. The van der Waals surface area contributed by atoms with Crippen LogP contribution in [0.1, 0.15) is 11.8 Å². The van der Waals surface area contributed by atoms with Crippen molar-refractivity contribution in [3.8, 4) is 0 Å². The van der Waals surface area contributed by atoms with Crippen LogP contribution in [0.4, 0.5) is 0 Å². The van der Waals surface area contributed by atoms with E-state index in [0.29, 0.717) is 11.8 Å². The predicted molar refractivity (Wildman–Crippen MR) is 59.7 cm³/mol. The summed E-state index contributed by atoms with van der Waals surface area (Å²) in [4.78, 5) is 1.75. The molecule has 0 unspecified atom stereocenters. The Balaban J connectivity index is 1.85. The first-order valence-electron chi connectivity index (χ1n) is 4.20. The molecule has 8 heteroatoms. The molecular weight excluding hydrogens is 248 g/mol. The number of hydrogen-bond acceptors (Lipinski definition) is 8. The van der Waals surface area contributed by atoms with Gasteiger partial charge < -0.3 is 8.83 Å². The van der Waals surface area contributed by atoms with Gasteiger partial charge in [0.1, 0.15) is 0 Å². The predicted octanol–water partition coefficient (Wildman–Crippen LogP) is 2.23. The molecular formula is C8H4N4O2S2. The van der Waals surface area contributed by atoms with Crippen LogP contribution in [0.3, 0.4) is 0 Å². The van der Waals surface area contributed by atoms with E-state index in [-0.39, 0.29) is 0 Å². The van der Waals surface area contributed by atoms with E-state index in [1.54, 1.807) is 0 Å². The molecule has 16 heavy (non-hydrogen) atoms. The van der Waals surface area contributed by atoms with Gasteiger partial charge in [0.05, 0.1) is 9.81 Å². The van der Waals surface area contributed by atoms with Crippen LogP contribution in [0.15, 0.2) is 32.4 Å². The minimum absolute atomic E-state index is 0.489. The van der Waals surface area contributed by atoms with E-state index in [0.717, 1.165) is 9.81 Å². The molecule has 2 aromatic heterocycles. The number of nitrogens with zero attached hydrogens (tertiary/aromatic N) is 4. The van der Waals surface area contributed by atoms with E-state index in [9.17, 15) is 0 Å². The van der Waals surface area contributed by atoms with Crippen molar-refractivity contribution in [1.82, 2.24) is 20.4 Å². The van der Waals surface area contributed by atoms with E-state index in [4.69, 9.17) is 8.83 Å². The zero-order valence-corrected chi connectivity index (χ0v) is 9.36. The highest BCUT2D eigenvalue weighted by atomic mass is 32.2. The molecule has 0 N–H and O–H groups in total. The standard InChI is InChI=1S/C8H4N4O2S2/c1-5(7-11-9-3-13-7)16-6(2-15-1)8-12-10-4-14-8/h1-4H. The molecule has 0 fully saturated rings. The van der Waals surface area contributed by atoms with Crippen molar-refractivity contribution in [3.63, 3.8) is 0 Å². The van der Waals surface area contributed by atoms with Crippen LogP contribution in [-0.4, -0.2) is 20.4 Å². The SMILES string of the molecule is C1=C(c2nnco2)SC(c2nnco2)=CS1. The van der Waals surface area contributed by atoms with Gasteiger partial charge in [0.25, 0.3) is 11.8 Å². The van der Waals surface area contributed by atoms with Crippen LogP contribution in [-0.2, 0) is 0 Å². The van der Waals surface area contributed by atoms with Gasteiger partial charge in [0.2, 0.25) is 12.8 Å². The number of rotatable bonds is 2. The smallest absolute Gasteiger partial charge is 0.254 e. The Labute approximate surface area is 98.2 Å². The number of aromatic nitrogens is 4. The maximum absolute atomic E-state index is 5.12. The second-order valence-corrected chi connectivity index (χ2v) is 4.52. The summed E-state index contributed by atoms with van der Waals surface area (Å²) < 4.78 is 10.2. The molecule has 6 nitrogen and oxygen atoms in total. The summed E-state index contributed by atoms with van der Waals surface area (Å²) in [6, 6.07) is 0. The molecule has 0 saturated carbocycles. The van der Waals surface area contributed by atoms with Crippen molar-refractivity contribution in [1.29, 1.82) is 0 Å². The minimum atomic E-state index is 0.489. The van der Waals surface area contributed by atoms with E-state index in [2.05, 4.69) is 20.4 Å². The van der Waals surface area contributed by atoms with E-state index >= 15 is 0 Å². The van der Waals surface area contributed by atoms with Crippen molar-refractivity contribution >= 4 is 33.3 Å². The molecule has 0 aromatic carbocycles. The Bertz CT molecular complexity index is 484. The van der Waals surface area contributed by atoms with Gasteiger partial charge in [-0.05, 0) is 10.8 Å². The third-order valence-electron chi connectivity index (χ3n) is 1.71. The summed E-state index contributed by atoms with van der Waals surface area (Å²) in [6.45, 7) is 0. The summed E-state index contributed by atoms with van der Waals surface area (Å²) in [6.07, 6.45) is 2.60. The number of thioether (sulfide) groups is 2.